The number of hydrogen-bond donors (Lipinski definition) is 4. The smallest absolute Gasteiger partial charge is 0.306 e. The van der Waals surface area contributed by atoms with Crippen molar-refractivity contribution in [2.75, 3.05) is 13.2 Å². The van der Waals surface area contributed by atoms with E-state index in [4.69, 9.17) is 9.05 Å². The standard InChI is InChI=1S/C29H40INO6S.C29H41O5P.C20H41NO.C19H23NO4S.C18H37NO/c1-29(2,3)38-25-19-26(34)31(27(25)35)17-16-24(33)18-21(28(36)37)9-5-4-6-10-23(32)11-7-8-20-12-14-22(30)15-13-20;1-28(2,3)23-26(30)17-11-6-12-22-33-35(31,32)34-27-18-20-29(21-19-27,24-13-7-4-8-14-24)25-15-9-5-10-16-25;1-5-6-7-8-9-10-11-12-13-14-15-16-17-18-19(22)21-20(2,3)4;1-19(2,3)13-16(21)9-11-18(22)20-25(23,24)17-10-8-14-6-4-5-7-15(14)12-17;1-5-6-7-8-9-10-11-12-13-14-15-16-17(20)19-18(2,3)4/h12-15,21,25H,4-11,16-19H2,1-3H3,(H,36,37);4-5,7-10,13-16,27H,6,11-12,17-23H2,1-3H3,(H,31,32);5-18H2,1-4H3,(H,21,22);4-8,10,12H,9,11,13H2,1-3H3,(H,20,22);5-16H2,1-4H3,(H,19,20)/p-1. The number of carboxylic acid groups (broad SMARTS) is 1. The molecule has 0 spiro atoms. The number of ketones is 4. The number of phosphoric acid groups is 1. The number of carboxylic acids is 1. The fourth-order valence-electron chi connectivity index (χ4n) is 17.3. The van der Waals surface area contributed by atoms with Gasteiger partial charge in [-0.05, 0) is 204 Å². The zero-order chi connectivity index (χ0) is 104. The number of fused-ring (bicyclic) bond motifs is 1. The summed E-state index contributed by atoms with van der Waals surface area (Å²) in [5.74, 6) is -2.42. The van der Waals surface area contributed by atoms with Crippen LogP contribution in [0.1, 0.15) is 443 Å². The van der Waals surface area contributed by atoms with E-state index in [2.05, 4.69) is 141 Å². The lowest BCUT2D eigenvalue weighted by atomic mass is 9.65. The molecule has 1 aliphatic heterocycles. The average Bonchev–Trinajstić information content (AvgIpc) is 0.979. The third kappa shape index (κ3) is 61.5. The van der Waals surface area contributed by atoms with Crippen molar-refractivity contribution in [2.45, 2.75) is 470 Å². The van der Waals surface area contributed by atoms with Crippen molar-refractivity contribution < 1.29 is 80.0 Å². The molecule has 140 heavy (non-hydrogen) atoms. The zero-order valence-electron chi connectivity index (χ0n) is 89.0. The molecule has 0 aromatic heterocycles. The second kappa shape index (κ2) is 68.5. The number of nitrogens with zero attached hydrogens (tertiary/aromatic N) is 1. The molecule has 4 N–H and O–H groups in total. The van der Waals surface area contributed by atoms with Crippen molar-refractivity contribution in [1.82, 2.24) is 20.3 Å². The largest absolute Gasteiger partial charge is 0.756 e. The van der Waals surface area contributed by atoms with E-state index in [1.165, 1.54) is 185 Å². The highest BCUT2D eigenvalue weighted by molar-refractivity contribution is 14.1. The SMILES string of the molecule is CC(C)(C)CC(=O)CCC(=O)NS(=O)(=O)c1ccc2ccccc2c1.CC(C)(C)CC(=O)CCCCCOP(=O)([O-])OC1CCC(c2ccccc2)(c2ccccc2)CC1.CC(C)(C)SC1CC(=O)N(CCC(=O)CC(CCCCCC(=O)CCCc2ccc(I)cc2)C(=O)O)C1=O.CCCCCCCCCCCCCC(=O)NC(C)(C)C.CCCCCCCCCCCCCCCC(=O)NC(C)(C)C. The quantitative estimate of drug-likeness (QED) is 0.0122. The first-order chi connectivity index (χ1) is 65.9. The van der Waals surface area contributed by atoms with Crippen LogP contribution in [0.5, 0.6) is 0 Å². The van der Waals surface area contributed by atoms with Gasteiger partial charge in [-0.1, -0.05) is 340 Å². The summed E-state index contributed by atoms with van der Waals surface area (Å²) in [5, 5.41) is 16.9. The van der Waals surface area contributed by atoms with Crippen molar-refractivity contribution in [1.29, 1.82) is 0 Å². The zero-order valence-corrected chi connectivity index (χ0v) is 93.7. The van der Waals surface area contributed by atoms with Crippen molar-refractivity contribution in [2.24, 2.45) is 16.7 Å². The van der Waals surface area contributed by atoms with Gasteiger partial charge in [-0.25, -0.2) is 13.1 Å². The van der Waals surface area contributed by atoms with Crippen LogP contribution in [0.15, 0.2) is 132 Å². The van der Waals surface area contributed by atoms with Crippen molar-refractivity contribution >= 4 is 122 Å². The number of benzene rings is 5. The van der Waals surface area contributed by atoms with Gasteiger partial charge in [0.2, 0.25) is 29.5 Å². The molecule has 0 bridgehead atoms. The molecule has 788 valence electrons. The van der Waals surface area contributed by atoms with Crippen molar-refractivity contribution in [3.05, 3.63) is 148 Å². The number of halogens is 1. The van der Waals surface area contributed by atoms with Gasteiger partial charge in [0.05, 0.1) is 28.8 Å². The van der Waals surface area contributed by atoms with Crippen LogP contribution in [-0.2, 0) is 83.4 Å². The number of carbonyl (C=O) groups is 10. The lowest BCUT2D eigenvalue weighted by molar-refractivity contribution is -0.231. The van der Waals surface area contributed by atoms with Crippen LogP contribution in [0, 0.1) is 20.3 Å². The first-order valence-corrected chi connectivity index (χ1v) is 57.8. The fraction of sp³-hybridized carbons (Fsp3) is 0.670. The highest BCUT2D eigenvalue weighted by Crippen LogP contribution is 2.50. The summed E-state index contributed by atoms with van der Waals surface area (Å²) in [4.78, 5) is 134. The number of rotatable bonds is 61. The van der Waals surface area contributed by atoms with E-state index in [0.717, 1.165) is 79.9 Å². The Hall–Kier alpha value is -6.80. The molecule has 0 radical (unpaired) electrons. The van der Waals surface area contributed by atoms with E-state index in [1.54, 1.807) is 12.1 Å². The monoisotopic (exact) mass is 2110 g/mol. The topological polar surface area (TPSA) is 323 Å². The number of aryl methyl sites for hydroxylation is 1. The predicted octanol–water partition coefficient (Wildman–Crippen LogP) is 28.2. The molecular weight excluding hydrogens is 1930 g/mol. The molecule has 5 amide bonds. The summed E-state index contributed by atoms with van der Waals surface area (Å²) >= 11 is 3.72. The van der Waals surface area contributed by atoms with Crippen molar-refractivity contribution in [3.8, 4) is 0 Å². The van der Waals surface area contributed by atoms with Crippen molar-refractivity contribution in [3.63, 3.8) is 0 Å². The molecule has 1 heterocycles. The van der Waals surface area contributed by atoms with E-state index in [1.807, 2.05) is 118 Å². The van der Waals surface area contributed by atoms with E-state index in [0.29, 0.717) is 77.0 Å². The van der Waals surface area contributed by atoms with Crippen LogP contribution in [0.25, 0.3) is 10.8 Å². The van der Waals surface area contributed by atoms with Gasteiger partial charge in [0, 0.05) is 108 Å². The molecule has 25 heteroatoms. The molecule has 1 saturated carbocycles. The number of carbonyl (C=O) groups excluding carboxylic acids is 9. The summed E-state index contributed by atoms with van der Waals surface area (Å²) < 4.78 is 50.8. The van der Waals surface area contributed by atoms with Gasteiger partial charge in [-0.3, -0.25) is 57.4 Å². The van der Waals surface area contributed by atoms with Crippen LogP contribution in [0.4, 0.5) is 0 Å². The number of likely N-dealkylation sites (tertiary alicyclic amines) is 1. The van der Waals surface area contributed by atoms with Gasteiger partial charge in [0.1, 0.15) is 23.1 Å². The lowest BCUT2D eigenvalue weighted by Crippen LogP contribution is -2.40. The third-order valence-corrected chi connectivity index (χ3v) is 29.0. The highest BCUT2D eigenvalue weighted by Gasteiger charge is 2.42. The van der Waals surface area contributed by atoms with Crippen LogP contribution < -0.4 is 20.2 Å². The second-order valence-corrected chi connectivity index (χ2v) is 50.4. The molecule has 7 rings (SSSR count). The Kier molecular flexibility index (Phi) is 62.4. The number of amides is 5. The van der Waals surface area contributed by atoms with Gasteiger partial charge >= 0.3 is 5.97 Å². The van der Waals surface area contributed by atoms with E-state index >= 15 is 0 Å². The van der Waals surface area contributed by atoms with Crippen LogP contribution in [-0.4, -0.2) is 117 Å². The number of sulfonamides is 1. The normalized spacial score (nSPS) is 14.7. The molecule has 1 saturated heterocycles. The first kappa shape index (κ1) is 127. The summed E-state index contributed by atoms with van der Waals surface area (Å²) in [7, 11) is -8.30. The molecule has 3 atom stereocenters. The molecule has 5 aromatic rings. The average molecular weight is 2110 g/mol. The molecule has 1 aliphatic carbocycles. The molecule has 3 unspecified atom stereocenters. The number of aliphatic carboxylic acids is 1. The summed E-state index contributed by atoms with van der Waals surface area (Å²) in [5.41, 5.74) is 3.29. The number of phosphoric ester groups is 1. The maximum absolute atomic E-state index is 12.6. The van der Waals surface area contributed by atoms with Crippen LogP contribution in [0.3, 0.4) is 0 Å². The number of Topliss-reactive ketones (excluding diaryl/α,β-unsaturated/α-hetero) is 4. The van der Waals surface area contributed by atoms with Crippen LogP contribution >= 0.6 is 42.2 Å². The Bertz CT molecular complexity index is 4540. The van der Waals surface area contributed by atoms with Gasteiger partial charge in [-0.15, -0.1) is 11.8 Å². The second-order valence-electron chi connectivity index (χ2n) is 44.1. The number of unbranched alkanes of at least 4 members (excludes halogenated alkanes) is 26. The minimum absolute atomic E-state index is 0.00764. The van der Waals surface area contributed by atoms with Gasteiger partial charge in [0.25, 0.3) is 17.8 Å². The number of hydrogen-bond acceptors (Lipinski definition) is 17. The van der Waals surface area contributed by atoms with Gasteiger partial charge in [0.15, 0.2) is 0 Å². The molecule has 2 aliphatic rings. The summed E-state index contributed by atoms with van der Waals surface area (Å²) in [6.07, 6.45) is 44.8. The summed E-state index contributed by atoms with van der Waals surface area (Å²) in [6, 6.07) is 41.3. The minimum Gasteiger partial charge on any atom is -0.756 e. The van der Waals surface area contributed by atoms with E-state index in [-0.39, 0.29) is 135 Å². The highest BCUT2D eigenvalue weighted by atomic mass is 127. The van der Waals surface area contributed by atoms with E-state index < -0.39 is 40.9 Å². The third-order valence-electron chi connectivity index (χ3n) is 24.5. The van der Waals surface area contributed by atoms with Gasteiger partial charge in [-0.2, -0.15) is 0 Å². The number of nitrogens with one attached hydrogen (secondary N) is 3. The molecule has 21 nitrogen and oxygen atoms in total. The first-order valence-electron chi connectivity index (χ1n) is 52.9. The Morgan fingerprint density at radius 2 is 0.914 bits per heavy atom. The Balaban J connectivity index is 0.000000460. The Morgan fingerprint density at radius 3 is 1.37 bits per heavy atom. The number of imide groups is 1. The Morgan fingerprint density at radius 1 is 0.493 bits per heavy atom. The van der Waals surface area contributed by atoms with E-state index in [9.17, 15) is 70.9 Å². The maximum Gasteiger partial charge on any atom is 0.306 e. The molecule has 2 fully saturated rings. The Labute approximate surface area is 863 Å². The lowest BCUT2D eigenvalue weighted by Gasteiger charge is -2.42. The fourth-order valence-corrected chi connectivity index (χ4v) is 21.1. The number of thioether (sulfide) groups is 1. The molecule has 5 aromatic carbocycles. The maximum atomic E-state index is 12.6. The molecular formula is C115H181IN4O17PS2-. The summed E-state index contributed by atoms with van der Waals surface area (Å²) in [6.45, 7) is 34.8. The predicted molar refractivity (Wildman–Crippen MR) is 581 cm³/mol. The van der Waals surface area contributed by atoms with Crippen LogP contribution in [0.2, 0.25) is 0 Å². The van der Waals surface area contributed by atoms with Gasteiger partial charge < -0.3 is 29.7 Å². The minimum atomic E-state index is -4.36.